The minimum Gasteiger partial charge on any atom is -0.469 e. The highest BCUT2D eigenvalue weighted by molar-refractivity contribution is 5.68. The normalized spacial score (nSPS) is 46.6. The molecule has 0 spiro atoms. The monoisotopic (exact) mass is 400 g/mol. The summed E-state index contributed by atoms with van der Waals surface area (Å²) in [6.07, 6.45) is 15.3. The summed E-state index contributed by atoms with van der Waals surface area (Å²) < 4.78 is 4.87. The number of hydrogen-bond acceptors (Lipinski definition) is 2. The first-order valence-corrected chi connectivity index (χ1v) is 12.6. The van der Waals surface area contributed by atoms with E-state index >= 15 is 0 Å². The Morgan fingerprint density at radius 1 is 1.10 bits per heavy atom. The van der Waals surface area contributed by atoms with Crippen molar-refractivity contribution in [1.82, 2.24) is 0 Å². The Hall–Kier alpha value is -0.790. The van der Waals surface area contributed by atoms with Crippen LogP contribution < -0.4 is 0 Å². The van der Waals surface area contributed by atoms with E-state index in [0.717, 1.165) is 41.9 Å². The molecule has 4 aliphatic carbocycles. The number of rotatable bonds is 5. The van der Waals surface area contributed by atoms with Crippen molar-refractivity contribution in [3.8, 4) is 0 Å². The van der Waals surface area contributed by atoms with Gasteiger partial charge in [0.1, 0.15) is 0 Å². The lowest BCUT2D eigenvalue weighted by molar-refractivity contribution is -0.141. The summed E-state index contributed by atoms with van der Waals surface area (Å²) in [6.45, 7) is 12.1. The third kappa shape index (κ3) is 3.51. The van der Waals surface area contributed by atoms with E-state index in [2.05, 4.69) is 27.4 Å². The molecule has 0 amide bonds. The number of hydrogen-bond donors (Lipinski definition) is 0. The SMILES string of the molecule is C=C1CCC2(C)C(C1)[C@@H](CC)CC1C3CCC(CCCC(=O)OC)C3(C)CC[C@@H]12. The molecule has 2 nitrogen and oxygen atoms in total. The lowest BCUT2D eigenvalue weighted by atomic mass is 9.42. The van der Waals surface area contributed by atoms with E-state index in [9.17, 15) is 4.79 Å². The Morgan fingerprint density at radius 2 is 1.86 bits per heavy atom. The molecule has 0 N–H and O–H groups in total. The molecule has 4 aliphatic rings. The Labute approximate surface area is 179 Å². The molecule has 0 bridgehead atoms. The molecule has 2 heteroatoms. The van der Waals surface area contributed by atoms with Gasteiger partial charge in [0.15, 0.2) is 0 Å². The predicted octanol–water partition coefficient (Wildman–Crippen LogP) is 7.18. The maximum Gasteiger partial charge on any atom is 0.305 e. The van der Waals surface area contributed by atoms with Crippen molar-refractivity contribution in [1.29, 1.82) is 0 Å². The summed E-state index contributed by atoms with van der Waals surface area (Å²) in [5.74, 6) is 5.36. The van der Waals surface area contributed by atoms with Gasteiger partial charge in [-0.05, 0) is 111 Å². The van der Waals surface area contributed by atoms with Crippen LogP contribution in [-0.4, -0.2) is 13.1 Å². The second-order valence-electron chi connectivity index (χ2n) is 11.6. The van der Waals surface area contributed by atoms with Crippen molar-refractivity contribution in [2.75, 3.05) is 7.11 Å². The molecular weight excluding hydrogens is 356 g/mol. The van der Waals surface area contributed by atoms with Gasteiger partial charge in [-0.2, -0.15) is 0 Å². The molecule has 0 aromatic rings. The number of fused-ring (bicyclic) bond motifs is 5. The Balaban J connectivity index is 1.51. The van der Waals surface area contributed by atoms with Crippen LogP contribution in [0, 0.1) is 46.3 Å². The van der Waals surface area contributed by atoms with Gasteiger partial charge in [-0.25, -0.2) is 0 Å². The average Bonchev–Trinajstić information content (AvgIpc) is 3.04. The largest absolute Gasteiger partial charge is 0.469 e. The zero-order valence-electron chi connectivity index (χ0n) is 19.5. The quantitative estimate of drug-likeness (QED) is 0.361. The minimum absolute atomic E-state index is 0.0377. The lowest BCUT2D eigenvalue weighted by Gasteiger charge is -2.63. The van der Waals surface area contributed by atoms with Crippen LogP contribution >= 0.6 is 0 Å². The summed E-state index contributed by atoms with van der Waals surface area (Å²) >= 11 is 0. The Bertz CT molecular complexity index is 638. The molecule has 0 aliphatic heterocycles. The van der Waals surface area contributed by atoms with Gasteiger partial charge in [-0.3, -0.25) is 4.79 Å². The fraction of sp³-hybridized carbons (Fsp3) is 0.889. The molecule has 4 saturated carbocycles. The summed E-state index contributed by atoms with van der Waals surface area (Å²) in [7, 11) is 1.51. The van der Waals surface area contributed by atoms with Crippen molar-refractivity contribution < 1.29 is 9.53 Å². The number of carbonyl (C=O) groups is 1. The second-order valence-corrected chi connectivity index (χ2v) is 11.6. The Kier molecular flexibility index (Phi) is 5.95. The van der Waals surface area contributed by atoms with Crippen molar-refractivity contribution in [2.24, 2.45) is 46.3 Å². The van der Waals surface area contributed by atoms with Crippen LogP contribution in [-0.2, 0) is 9.53 Å². The van der Waals surface area contributed by atoms with Crippen LogP contribution in [0.2, 0.25) is 0 Å². The highest BCUT2D eigenvalue weighted by Gasteiger charge is 2.61. The van der Waals surface area contributed by atoms with E-state index in [1.54, 1.807) is 0 Å². The van der Waals surface area contributed by atoms with Crippen LogP contribution in [0.4, 0.5) is 0 Å². The average molecular weight is 401 g/mol. The second kappa shape index (κ2) is 8.04. The molecule has 164 valence electrons. The first-order chi connectivity index (χ1) is 13.8. The van der Waals surface area contributed by atoms with Crippen molar-refractivity contribution in [2.45, 2.75) is 97.8 Å². The van der Waals surface area contributed by atoms with Gasteiger partial charge in [0.25, 0.3) is 0 Å². The first-order valence-electron chi connectivity index (χ1n) is 12.6. The van der Waals surface area contributed by atoms with Crippen LogP contribution in [0.15, 0.2) is 12.2 Å². The highest BCUT2D eigenvalue weighted by Crippen LogP contribution is 2.69. The zero-order valence-corrected chi connectivity index (χ0v) is 19.5. The third-order valence-corrected chi connectivity index (χ3v) is 10.7. The molecule has 0 aromatic carbocycles. The molecule has 6 unspecified atom stereocenters. The smallest absolute Gasteiger partial charge is 0.305 e. The van der Waals surface area contributed by atoms with Gasteiger partial charge in [0.2, 0.25) is 0 Å². The van der Waals surface area contributed by atoms with E-state index in [0.29, 0.717) is 17.3 Å². The van der Waals surface area contributed by atoms with Crippen LogP contribution in [0.3, 0.4) is 0 Å². The fourth-order valence-corrected chi connectivity index (χ4v) is 9.02. The Morgan fingerprint density at radius 3 is 2.59 bits per heavy atom. The van der Waals surface area contributed by atoms with Gasteiger partial charge < -0.3 is 4.74 Å². The fourth-order valence-electron chi connectivity index (χ4n) is 9.02. The van der Waals surface area contributed by atoms with E-state index in [1.165, 1.54) is 76.9 Å². The van der Waals surface area contributed by atoms with Gasteiger partial charge in [0, 0.05) is 6.42 Å². The molecule has 0 saturated heterocycles. The third-order valence-electron chi connectivity index (χ3n) is 10.7. The van der Waals surface area contributed by atoms with E-state index in [-0.39, 0.29) is 5.97 Å². The molecule has 0 radical (unpaired) electrons. The number of ether oxygens (including phenoxy) is 1. The molecule has 0 heterocycles. The lowest BCUT2D eigenvalue weighted by Crippen LogP contribution is -2.55. The van der Waals surface area contributed by atoms with Crippen LogP contribution in [0.25, 0.3) is 0 Å². The first kappa shape index (κ1) is 21.4. The van der Waals surface area contributed by atoms with Gasteiger partial charge >= 0.3 is 5.97 Å². The van der Waals surface area contributed by atoms with E-state index in [1.807, 2.05) is 0 Å². The van der Waals surface area contributed by atoms with E-state index < -0.39 is 0 Å². The van der Waals surface area contributed by atoms with Crippen molar-refractivity contribution in [3.05, 3.63) is 12.2 Å². The number of esters is 1. The van der Waals surface area contributed by atoms with Gasteiger partial charge in [-0.1, -0.05) is 39.3 Å². The predicted molar refractivity (Wildman–Crippen MR) is 119 cm³/mol. The number of methoxy groups -OCH3 is 1. The van der Waals surface area contributed by atoms with Gasteiger partial charge in [-0.15, -0.1) is 0 Å². The summed E-state index contributed by atoms with van der Waals surface area (Å²) in [5, 5.41) is 0. The summed E-state index contributed by atoms with van der Waals surface area (Å²) in [6, 6.07) is 0. The minimum atomic E-state index is -0.0377. The molecule has 4 rings (SSSR count). The number of allylic oxidation sites excluding steroid dienone is 1. The highest BCUT2D eigenvalue weighted by atomic mass is 16.5. The maximum absolute atomic E-state index is 11.6. The molecule has 8 atom stereocenters. The summed E-state index contributed by atoms with van der Waals surface area (Å²) in [5.41, 5.74) is 2.59. The molecular formula is C27H44O2. The topological polar surface area (TPSA) is 26.3 Å². The van der Waals surface area contributed by atoms with Crippen LogP contribution in [0.5, 0.6) is 0 Å². The van der Waals surface area contributed by atoms with E-state index in [4.69, 9.17) is 4.74 Å². The maximum atomic E-state index is 11.6. The molecule has 29 heavy (non-hydrogen) atoms. The number of carbonyl (C=O) groups excluding carboxylic acids is 1. The molecule has 0 aromatic heterocycles. The van der Waals surface area contributed by atoms with Crippen molar-refractivity contribution in [3.63, 3.8) is 0 Å². The van der Waals surface area contributed by atoms with Crippen molar-refractivity contribution >= 4 is 5.97 Å². The summed E-state index contributed by atoms with van der Waals surface area (Å²) in [4.78, 5) is 11.6. The standard InChI is InChI=1S/C27H44O2/c1-6-19-17-21-22-11-10-20(8-7-9-25(28)29-5)26(22,3)15-13-23(21)27(4)14-12-18(2)16-24(19)27/h19-24H,2,6-17H2,1,3-5H3/t19-,20?,21?,22?,23-,24?,26?,27?/m0/s1. The zero-order chi connectivity index (χ0) is 20.8. The van der Waals surface area contributed by atoms with Crippen LogP contribution in [0.1, 0.15) is 97.8 Å². The van der Waals surface area contributed by atoms with Gasteiger partial charge in [0.05, 0.1) is 7.11 Å². The molecule has 4 fully saturated rings.